The van der Waals surface area contributed by atoms with Gasteiger partial charge in [-0.05, 0) is 0 Å². The summed E-state index contributed by atoms with van der Waals surface area (Å²) >= 11 is 3.62. The average Bonchev–Trinajstić information content (AvgIpc) is 1.65. The van der Waals surface area contributed by atoms with Crippen LogP contribution in [0.25, 0.3) is 0 Å². The van der Waals surface area contributed by atoms with Gasteiger partial charge in [0.15, 0.2) is 0 Å². The van der Waals surface area contributed by atoms with E-state index >= 15 is 0 Å². The molecule has 0 atom stereocenters. The van der Waals surface area contributed by atoms with Gasteiger partial charge in [-0.2, -0.15) is 12.6 Å². The van der Waals surface area contributed by atoms with E-state index in [1.807, 2.05) is 0 Å². The Hall–Kier alpha value is 0.885. The second kappa shape index (κ2) is 6.88. The Labute approximate surface area is 71.1 Å². The molecule has 0 aromatic rings. The average molecular weight is 128 g/mol. The van der Waals surface area contributed by atoms with Crippen molar-refractivity contribution in [2.75, 3.05) is 5.75 Å². The Morgan fingerprint density at radius 1 is 1.86 bits per heavy atom. The number of hydrogen-bond acceptors (Lipinski definition) is 3. The van der Waals surface area contributed by atoms with Crippen molar-refractivity contribution in [3.63, 3.8) is 0 Å². The molecule has 5 heteroatoms. The van der Waals surface area contributed by atoms with Crippen molar-refractivity contribution < 1.29 is 9.45 Å². The summed E-state index contributed by atoms with van der Waals surface area (Å²) in [5, 5.41) is 0. The molecule has 0 saturated heterocycles. The van der Waals surface area contributed by atoms with E-state index in [2.05, 4.69) is 17.3 Å². The summed E-state index contributed by atoms with van der Waals surface area (Å²) in [5.41, 5.74) is 0. The minimum atomic E-state index is -0.293. The standard InChI is InChI=1S/C2H5BO2S.Na.H/c3-5-2(4)1-6;;/h6H,1,3H2;;. The van der Waals surface area contributed by atoms with Gasteiger partial charge in [-0.25, -0.2) is 0 Å². The fourth-order valence-electron chi connectivity index (χ4n) is 0.0645. The van der Waals surface area contributed by atoms with E-state index < -0.39 is 0 Å². The Morgan fingerprint density at radius 3 is 2.29 bits per heavy atom. The molecule has 0 spiro atoms. The van der Waals surface area contributed by atoms with Gasteiger partial charge in [0, 0.05) is 0 Å². The van der Waals surface area contributed by atoms with Crippen LogP contribution >= 0.6 is 12.6 Å². The fourth-order valence-corrected chi connectivity index (χ4v) is 0.194. The first-order chi connectivity index (χ1) is 2.81. The van der Waals surface area contributed by atoms with E-state index in [0.717, 1.165) is 0 Å². The van der Waals surface area contributed by atoms with Crippen LogP contribution in [0.2, 0.25) is 0 Å². The summed E-state index contributed by atoms with van der Waals surface area (Å²) in [6.07, 6.45) is 0. The summed E-state index contributed by atoms with van der Waals surface area (Å²) in [6.45, 7) is 0. The summed E-state index contributed by atoms with van der Waals surface area (Å²) in [5.74, 6) is -0.130. The number of thiol groups is 1. The van der Waals surface area contributed by atoms with E-state index in [1.54, 1.807) is 0 Å². The molecule has 0 bridgehead atoms. The zero-order chi connectivity index (χ0) is 4.99. The van der Waals surface area contributed by atoms with Crippen molar-refractivity contribution in [1.82, 2.24) is 0 Å². The molecule has 0 aliphatic rings. The fraction of sp³-hybridized carbons (Fsp3) is 0.500. The van der Waals surface area contributed by atoms with Crippen LogP contribution in [0.4, 0.5) is 0 Å². The summed E-state index contributed by atoms with van der Waals surface area (Å²) in [4.78, 5) is 9.88. The molecule has 0 N–H and O–H groups in total. The summed E-state index contributed by atoms with van der Waals surface area (Å²) in [6, 6.07) is 0. The van der Waals surface area contributed by atoms with E-state index in [-0.39, 0.29) is 41.3 Å². The molecule has 0 amide bonds. The van der Waals surface area contributed by atoms with Gasteiger partial charge in [0.1, 0.15) is 0 Å². The third-order valence-electron chi connectivity index (χ3n) is 0.357. The minimum absolute atomic E-state index is 0. The molecular weight excluding hydrogens is 122 g/mol. The van der Waals surface area contributed by atoms with Crippen molar-refractivity contribution in [2.24, 2.45) is 0 Å². The van der Waals surface area contributed by atoms with E-state index in [0.29, 0.717) is 0 Å². The number of carbonyl (C=O) groups is 1. The first-order valence-corrected chi connectivity index (χ1v) is 2.12. The van der Waals surface area contributed by atoms with E-state index in [9.17, 15) is 4.79 Å². The van der Waals surface area contributed by atoms with Gasteiger partial charge in [-0.15, -0.1) is 0 Å². The van der Waals surface area contributed by atoms with Gasteiger partial charge in [-0.1, -0.05) is 0 Å². The maximum atomic E-state index is 9.88. The van der Waals surface area contributed by atoms with Crippen molar-refractivity contribution >= 4 is 56.2 Å². The maximum absolute atomic E-state index is 9.88. The molecular formula is C2H6BNaO2S. The van der Waals surface area contributed by atoms with Crippen molar-refractivity contribution in [3.8, 4) is 0 Å². The van der Waals surface area contributed by atoms with Gasteiger partial charge in [0.25, 0.3) is 5.97 Å². The second-order valence-electron chi connectivity index (χ2n) is 0.734. The first-order valence-electron chi connectivity index (χ1n) is 1.49. The van der Waals surface area contributed by atoms with Crippen LogP contribution in [0.3, 0.4) is 0 Å². The molecule has 0 saturated carbocycles. The quantitative estimate of drug-likeness (QED) is 0.338. The Morgan fingerprint density at radius 2 is 2.29 bits per heavy atom. The van der Waals surface area contributed by atoms with Gasteiger partial charge < -0.3 is 4.65 Å². The van der Waals surface area contributed by atoms with Gasteiger partial charge in [0.2, 0.25) is 0 Å². The molecule has 0 heterocycles. The van der Waals surface area contributed by atoms with Crippen LogP contribution in [0.1, 0.15) is 0 Å². The number of rotatable bonds is 1. The monoisotopic (exact) mass is 128 g/mol. The van der Waals surface area contributed by atoms with E-state index in [4.69, 9.17) is 0 Å². The molecule has 0 fully saturated rings. The zero-order valence-corrected chi connectivity index (χ0v) is 4.37. The zero-order valence-electron chi connectivity index (χ0n) is 3.47. The molecule has 0 aliphatic carbocycles. The molecule has 0 aromatic carbocycles. The molecule has 0 aromatic heterocycles. The van der Waals surface area contributed by atoms with Crippen LogP contribution in [-0.2, 0) is 9.45 Å². The van der Waals surface area contributed by atoms with Crippen LogP contribution in [0.15, 0.2) is 0 Å². The molecule has 0 unspecified atom stereocenters. The van der Waals surface area contributed by atoms with Gasteiger partial charge in [-0.3, -0.25) is 4.79 Å². The van der Waals surface area contributed by atoms with Crippen LogP contribution < -0.4 is 0 Å². The van der Waals surface area contributed by atoms with Crippen molar-refractivity contribution in [1.29, 1.82) is 0 Å². The first kappa shape index (κ1) is 10.8. The second-order valence-corrected chi connectivity index (χ2v) is 1.05. The third kappa shape index (κ3) is 6.88. The van der Waals surface area contributed by atoms with Crippen LogP contribution in [-0.4, -0.2) is 49.3 Å². The van der Waals surface area contributed by atoms with Crippen LogP contribution in [0.5, 0.6) is 0 Å². The number of hydrogen-bond donors (Lipinski definition) is 1. The molecule has 0 aliphatic heterocycles. The Bertz CT molecular complexity index is 53.7. The summed E-state index contributed by atoms with van der Waals surface area (Å²) < 4.78 is 4.18. The Kier molecular flexibility index (Phi) is 10.6. The predicted molar refractivity (Wildman–Crippen MR) is 35.6 cm³/mol. The van der Waals surface area contributed by atoms with Gasteiger partial charge >= 0.3 is 37.6 Å². The molecule has 2 nitrogen and oxygen atoms in total. The van der Waals surface area contributed by atoms with Crippen LogP contribution in [0, 0.1) is 0 Å². The van der Waals surface area contributed by atoms with E-state index in [1.165, 1.54) is 8.05 Å². The normalized spacial score (nSPS) is 6.43. The van der Waals surface area contributed by atoms with Gasteiger partial charge in [0.05, 0.1) is 5.75 Å². The van der Waals surface area contributed by atoms with Crippen molar-refractivity contribution in [2.45, 2.75) is 0 Å². The topological polar surface area (TPSA) is 26.3 Å². The molecule has 7 heavy (non-hydrogen) atoms. The third-order valence-corrected chi connectivity index (χ3v) is 0.615. The molecule has 0 rings (SSSR count). The SMILES string of the molecule is BOC(=O)CS.[NaH]. The number of carbonyl (C=O) groups excluding carboxylic acids is 1. The summed E-state index contributed by atoms with van der Waals surface area (Å²) in [7, 11) is 1.33. The van der Waals surface area contributed by atoms with Crippen molar-refractivity contribution in [3.05, 3.63) is 0 Å². The predicted octanol–water partition coefficient (Wildman–Crippen LogP) is -1.64. The molecule has 0 radical (unpaired) electrons. The molecule has 36 valence electrons. The Balaban J connectivity index is 0.